The van der Waals surface area contributed by atoms with Crippen LogP contribution in [0.25, 0.3) is 0 Å². The summed E-state index contributed by atoms with van der Waals surface area (Å²) in [5.74, 6) is 2.67. The second kappa shape index (κ2) is 6.39. The number of ether oxygens (including phenoxy) is 1. The van der Waals surface area contributed by atoms with Crippen molar-refractivity contribution in [3.8, 4) is 0 Å². The van der Waals surface area contributed by atoms with Crippen LogP contribution in [0.15, 0.2) is 10.5 Å². The van der Waals surface area contributed by atoms with E-state index in [0.717, 1.165) is 24.6 Å². The number of hydrogen-bond donors (Lipinski definition) is 1. The lowest BCUT2D eigenvalue weighted by Gasteiger charge is -2.24. The summed E-state index contributed by atoms with van der Waals surface area (Å²) < 4.78 is 11.6. The van der Waals surface area contributed by atoms with E-state index >= 15 is 0 Å². The Bertz CT molecular complexity index is 367. The zero-order valence-electron chi connectivity index (χ0n) is 11.8. The average molecular weight is 251 g/mol. The summed E-state index contributed by atoms with van der Waals surface area (Å²) in [4.78, 5) is 0. The molecule has 1 aliphatic rings. The molecule has 1 aromatic heterocycles. The lowest BCUT2D eigenvalue weighted by molar-refractivity contribution is -0.0160. The van der Waals surface area contributed by atoms with Crippen molar-refractivity contribution in [2.75, 3.05) is 6.54 Å². The molecule has 0 radical (unpaired) electrons. The maximum absolute atomic E-state index is 5.83. The van der Waals surface area contributed by atoms with Gasteiger partial charge in [-0.05, 0) is 50.3 Å². The van der Waals surface area contributed by atoms with E-state index in [2.05, 4.69) is 32.2 Å². The highest BCUT2D eigenvalue weighted by atomic mass is 16.5. The predicted molar refractivity (Wildman–Crippen MR) is 72.4 cm³/mol. The summed E-state index contributed by atoms with van der Waals surface area (Å²) in [6, 6.07) is 2.10. The molecule has 0 spiro atoms. The molecule has 1 fully saturated rings. The van der Waals surface area contributed by atoms with Crippen molar-refractivity contribution in [3.05, 3.63) is 23.2 Å². The van der Waals surface area contributed by atoms with Crippen LogP contribution in [0.2, 0.25) is 0 Å². The zero-order chi connectivity index (χ0) is 13.0. The van der Waals surface area contributed by atoms with Gasteiger partial charge in [-0.3, -0.25) is 0 Å². The molecule has 1 aliphatic carbocycles. The number of aryl methyl sites for hydroxylation is 1. The van der Waals surface area contributed by atoms with Crippen LogP contribution in [0.4, 0.5) is 0 Å². The molecular weight excluding hydrogens is 226 g/mol. The fraction of sp³-hybridized carbons (Fsp3) is 0.733. The molecule has 0 aliphatic heterocycles. The molecular formula is C15H25NO2. The van der Waals surface area contributed by atoms with Gasteiger partial charge in [-0.2, -0.15) is 0 Å². The SMILES string of the molecule is Cc1cc(COC2CCC2)oc1CNCC(C)C. The van der Waals surface area contributed by atoms with E-state index in [9.17, 15) is 0 Å². The monoisotopic (exact) mass is 251 g/mol. The van der Waals surface area contributed by atoms with Gasteiger partial charge in [0, 0.05) is 0 Å². The molecule has 2 rings (SSSR count). The molecule has 1 N–H and O–H groups in total. The number of rotatable bonds is 7. The van der Waals surface area contributed by atoms with Gasteiger partial charge in [-0.1, -0.05) is 13.8 Å². The molecule has 1 saturated carbocycles. The highest BCUT2D eigenvalue weighted by molar-refractivity contribution is 5.19. The molecule has 0 bridgehead atoms. The third-order valence-electron chi connectivity index (χ3n) is 3.42. The average Bonchev–Trinajstić information content (AvgIpc) is 2.57. The number of nitrogens with one attached hydrogen (secondary N) is 1. The summed E-state index contributed by atoms with van der Waals surface area (Å²) in [5, 5.41) is 3.41. The molecule has 0 saturated heterocycles. The first-order valence-corrected chi connectivity index (χ1v) is 7.05. The fourth-order valence-electron chi connectivity index (χ4n) is 2.05. The van der Waals surface area contributed by atoms with Crippen molar-refractivity contribution in [1.82, 2.24) is 5.32 Å². The van der Waals surface area contributed by atoms with E-state index < -0.39 is 0 Å². The van der Waals surface area contributed by atoms with Crippen LogP contribution in [0.5, 0.6) is 0 Å². The Morgan fingerprint density at radius 2 is 2.22 bits per heavy atom. The Labute approximate surface area is 110 Å². The Balaban J connectivity index is 1.77. The van der Waals surface area contributed by atoms with Gasteiger partial charge in [-0.25, -0.2) is 0 Å². The van der Waals surface area contributed by atoms with Crippen LogP contribution in [0, 0.1) is 12.8 Å². The van der Waals surface area contributed by atoms with E-state index in [4.69, 9.17) is 9.15 Å². The van der Waals surface area contributed by atoms with E-state index in [1.165, 1.54) is 24.8 Å². The highest BCUT2D eigenvalue weighted by Crippen LogP contribution is 2.24. The third-order valence-corrected chi connectivity index (χ3v) is 3.42. The Morgan fingerprint density at radius 1 is 1.44 bits per heavy atom. The Kier molecular flexibility index (Phi) is 4.84. The normalized spacial score (nSPS) is 16.2. The summed E-state index contributed by atoms with van der Waals surface area (Å²) in [6.45, 7) is 8.97. The van der Waals surface area contributed by atoms with E-state index in [-0.39, 0.29) is 0 Å². The smallest absolute Gasteiger partial charge is 0.130 e. The van der Waals surface area contributed by atoms with E-state index in [1.54, 1.807) is 0 Å². The molecule has 102 valence electrons. The standard InChI is InChI=1S/C15H25NO2/c1-11(2)8-16-9-15-12(3)7-14(18-15)10-17-13-5-4-6-13/h7,11,13,16H,4-6,8-10H2,1-3H3. The topological polar surface area (TPSA) is 34.4 Å². The van der Waals surface area contributed by atoms with Gasteiger partial charge >= 0.3 is 0 Å². The quantitative estimate of drug-likeness (QED) is 0.806. The van der Waals surface area contributed by atoms with Gasteiger partial charge < -0.3 is 14.5 Å². The van der Waals surface area contributed by atoms with Gasteiger partial charge in [0.15, 0.2) is 0 Å². The van der Waals surface area contributed by atoms with Crippen molar-refractivity contribution in [2.45, 2.75) is 59.3 Å². The predicted octanol–water partition coefficient (Wildman–Crippen LogP) is 3.40. The first kappa shape index (κ1) is 13.6. The van der Waals surface area contributed by atoms with Gasteiger partial charge in [0.05, 0.1) is 12.6 Å². The van der Waals surface area contributed by atoms with Crippen LogP contribution in [-0.4, -0.2) is 12.6 Å². The second-order valence-electron chi connectivity index (χ2n) is 5.71. The maximum Gasteiger partial charge on any atom is 0.130 e. The minimum Gasteiger partial charge on any atom is -0.462 e. The summed E-state index contributed by atoms with van der Waals surface area (Å²) in [5.41, 5.74) is 1.22. The van der Waals surface area contributed by atoms with Crippen LogP contribution < -0.4 is 5.32 Å². The van der Waals surface area contributed by atoms with Crippen LogP contribution in [0.1, 0.15) is 50.2 Å². The van der Waals surface area contributed by atoms with Gasteiger partial charge in [-0.15, -0.1) is 0 Å². The van der Waals surface area contributed by atoms with E-state index in [0.29, 0.717) is 18.6 Å². The van der Waals surface area contributed by atoms with Crippen molar-refractivity contribution in [2.24, 2.45) is 5.92 Å². The molecule has 1 aromatic rings. The van der Waals surface area contributed by atoms with Crippen molar-refractivity contribution < 1.29 is 9.15 Å². The molecule has 0 amide bonds. The van der Waals surface area contributed by atoms with E-state index in [1.807, 2.05) is 0 Å². The lowest BCUT2D eigenvalue weighted by Crippen LogP contribution is -2.21. The molecule has 1 heterocycles. The summed E-state index contributed by atoms with van der Waals surface area (Å²) in [7, 11) is 0. The fourth-order valence-corrected chi connectivity index (χ4v) is 2.05. The maximum atomic E-state index is 5.83. The van der Waals surface area contributed by atoms with Crippen molar-refractivity contribution in [1.29, 1.82) is 0 Å². The third kappa shape index (κ3) is 3.85. The summed E-state index contributed by atoms with van der Waals surface area (Å²) >= 11 is 0. The minimum atomic E-state index is 0.470. The van der Waals surface area contributed by atoms with Crippen molar-refractivity contribution >= 4 is 0 Å². The Morgan fingerprint density at radius 3 is 2.83 bits per heavy atom. The molecule has 0 aromatic carbocycles. The molecule has 18 heavy (non-hydrogen) atoms. The molecule has 0 atom stereocenters. The Hall–Kier alpha value is -0.800. The summed E-state index contributed by atoms with van der Waals surface area (Å²) in [6.07, 6.45) is 4.20. The van der Waals surface area contributed by atoms with Gasteiger partial charge in [0.2, 0.25) is 0 Å². The second-order valence-corrected chi connectivity index (χ2v) is 5.71. The molecule has 3 nitrogen and oxygen atoms in total. The van der Waals surface area contributed by atoms with Gasteiger partial charge in [0.1, 0.15) is 18.1 Å². The van der Waals surface area contributed by atoms with Crippen LogP contribution in [-0.2, 0) is 17.9 Å². The minimum absolute atomic E-state index is 0.470. The van der Waals surface area contributed by atoms with Crippen molar-refractivity contribution in [3.63, 3.8) is 0 Å². The van der Waals surface area contributed by atoms with Gasteiger partial charge in [0.25, 0.3) is 0 Å². The number of furan rings is 1. The first-order valence-electron chi connectivity index (χ1n) is 7.05. The number of hydrogen-bond acceptors (Lipinski definition) is 3. The molecule has 3 heteroatoms. The lowest BCUT2D eigenvalue weighted by atomic mass is 9.96. The molecule has 0 unspecified atom stereocenters. The van der Waals surface area contributed by atoms with Crippen LogP contribution in [0.3, 0.4) is 0 Å². The zero-order valence-corrected chi connectivity index (χ0v) is 11.8. The first-order chi connectivity index (χ1) is 8.65. The highest BCUT2D eigenvalue weighted by Gasteiger charge is 2.18. The van der Waals surface area contributed by atoms with Crippen LogP contribution >= 0.6 is 0 Å². The largest absolute Gasteiger partial charge is 0.462 e.